The van der Waals surface area contributed by atoms with E-state index in [1.54, 1.807) is 6.08 Å². The molecule has 1 aliphatic rings. The Morgan fingerprint density at radius 1 is 1.40 bits per heavy atom. The molecule has 1 aromatic carbocycles. The van der Waals surface area contributed by atoms with Gasteiger partial charge in [-0.2, -0.15) is 0 Å². The maximum absolute atomic E-state index is 11.1. The predicted molar refractivity (Wildman–Crippen MR) is 59.5 cm³/mol. The van der Waals surface area contributed by atoms with Gasteiger partial charge in [-0.15, -0.1) is 0 Å². The molecule has 1 aromatic rings. The van der Waals surface area contributed by atoms with Gasteiger partial charge in [-0.1, -0.05) is 23.8 Å². The number of hydrogen-bond donors (Lipinski definition) is 0. The van der Waals surface area contributed by atoms with E-state index >= 15 is 0 Å². The molecular formula is C13H14O2. The van der Waals surface area contributed by atoms with Crippen LogP contribution in [0.2, 0.25) is 0 Å². The molecule has 0 heterocycles. The third-order valence-corrected chi connectivity index (χ3v) is 2.76. The van der Waals surface area contributed by atoms with E-state index in [0.717, 1.165) is 18.4 Å². The van der Waals surface area contributed by atoms with Crippen molar-refractivity contribution in [3.05, 3.63) is 41.0 Å². The number of methoxy groups -OCH3 is 1. The fraction of sp³-hybridized carbons (Fsp3) is 0.308. The summed E-state index contributed by atoms with van der Waals surface area (Å²) >= 11 is 0. The Morgan fingerprint density at radius 3 is 2.93 bits per heavy atom. The number of aryl methyl sites for hydroxylation is 2. The van der Waals surface area contributed by atoms with E-state index < -0.39 is 0 Å². The molecule has 15 heavy (non-hydrogen) atoms. The Balaban J connectivity index is 2.37. The second kappa shape index (κ2) is 3.89. The minimum Gasteiger partial charge on any atom is -0.466 e. The topological polar surface area (TPSA) is 26.3 Å². The molecule has 0 N–H and O–H groups in total. The Labute approximate surface area is 89.6 Å². The molecule has 0 saturated carbocycles. The Bertz CT molecular complexity index is 430. The zero-order valence-electron chi connectivity index (χ0n) is 9.04. The number of benzene rings is 1. The van der Waals surface area contributed by atoms with Crippen LogP contribution in [0.3, 0.4) is 0 Å². The van der Waals surface area contributed by atoms with Gasteiger partial charge < -0.3 is 4.74 Å². The van der Waals surface area contributed by atoms with E-state index in [0.29, 0.717) is 0 Å². The van der Waals surface area contributed by atoms with Crippen molar-refractivity contribution in [1.82, 2.24) is 0 Å². The molecule has 0 atom stereocenters. The molecule has 0 unspecified atom stereocenters. The largest absolute Gasteiger partial charge is 0.466 e. The van der Waals surface area contributed by atoms with Crippen LogP contribution in [-0.4, -0.2) is 13.1 Å². The molecule has 0 bridgehead atoms. The van der Waals surface area contributed by atoms with Crippen LogP contribution < -0.4 is 0 Å². The van der Waals surface area contributed by atoms with Crippen molar-refractivity contribution in [1.29, 1.82) is 0 Å². The number of allylic oxidation sites excluding steroid dienone is 1. The van der Waals surface area contributed by atoms with Crippen molar-refractivity contribution >= 4 is 11.5 Å². The van der Waals surface area contributed by atoms with Crippen LogP contribution in [0.5, 0.6) is 0 Å². The minimum absolute atomic E-state index is 0.265. The van der Waals surface area contributed by atoms with Crippen LogP contribution in [0, 0.1) is 6.92 Å². The molecule has 0 amide bonds. The number of hydrogen-bond acceptors (Lipinski definition) is 2. The fourth-order valence-electron chi connectivity index (χ4n) is 2.00. The van der Waals surface area contributed by atoms with Crippen molar-refractivity contribution in [3.63, 3.8) is 0 Å². The monoisotopic (exact) mass is 202 g/mol. The third-order valence-electron chi connectivity index (χ3n) is 2.76. The van der Waals surface area contributed by atoms with Crippen molar-refractivity contribution in [2.24, 2.45) is 0 Å². The normalized spacial score (nSPS) is 16.5. The van der Waals surface area contributed by atoms with Crippen molar-refractivity contribution in [2.45, 2.75) is 19.8 Å². The third kappa shape index (κ3) is 1.94. The summed E-state index contributed by atoms with van der Waals surface area (Å²) in [7, 11) is 1.41. The Kier molecular flexibility index (Phi) is 2.58. The molecule has 0 spiro atoms. The van der Waals surface area contributed by atoms with Gasteiger partial charge in [-0.25, -0.2) is 4.79 Å². The summed E-state index contributed by atoms with van der Waals surface area (Å²) in [5.41, 5.74) is 4.90. The summed E-state index contributed by atoms with van der Waals surface area (Å²) in [5, 5.41) is 0. The number of carbonyl (C=O) groups is 1. The van der Waals surface area contributed by atoms with Gasteiger partial charge in [0.1, 0.15) is 0 Å². The van der Waals surface area contributed by atoms with E-state index in [-0.39, 0.29) is 5.97 Å². The second-order valence-corrected chi connectivity index (χ2v) is 3.85. The van der Waals surface area contributed by atoms with Crippen molar-refractivity contribution in [2.75, 3.05) is 7.11 Å². The van der Waals surface area contributed by atoms with Crippen molar-refractivity contribution in [3.8, 4) is 0 Å². The summed E-state index contributed by atoms with van der Waals surface area (Å²) in [6.45, 7) is 2.09. The lowest BCUT2D eigenvalue weighted by Gasteiger charge is -2.01. The standard InChI is InChI=1S/C13H14O2/c1-9-3-6-12-10(7-9)4-5-11(12)8-13(14)15-2/h3,6-8H,4-5H2,1-2H3/b11-8+. The van der Waals surface area contributed by atoms with Gasteiger partial charge in [0.25, 0.3) is 0 Å². The summed E-state index contributed by atoms with van der Waals surface area (Å²) in [6, 6.07) is 6.36. The second-order valence-electron chi connectivity index (χ2n) is 3.85. The molecular weight excluding hydrogens is 188 g/mol. The summed E-state index contributed by atoms with van der Waals surface area (Å²) in [6.07, 6.45) is 3.56. The van der Waals surface area contributed by atoms with Crippen molar-refractivity contribution < 1.29 is 9.53 Å². The van der Waals surface area contributed by atoms with Crippen LogP contribution in [-0.2, 0) is 16.0 Å². The van der Waals surface area contributed by atoms with Crippen LogP contribution in [0.15, 0.2) is 24.3 Å². The van der Waals surface area contributed by atoms with Gasteiger partial charge >= 0.3 is 5.97 Å². The minimum atomic E-state index is -0.265. The first kappa shape index (κ1) is 9.97. The van der Waals surface area contributed by atoms with E-state index in [2.05, 4.69) is 29.9 Å². The average Bonchev–Trinajstić information content (AvgIpc) is 2.60. The quantitative estimate of drug-likeness (QED) is 0.516. The van der Waals surface area contributed by atoms with Gasteiger partial charge in [0.05, 0.1) is 7.11 Å². The number of fused-ring (bicyclic) bond motifs is 1. The molecule has 2 rings (SSSR count). The zero-order valence-corrected chi connectivity index (χ0v) is 9.04. The van der Waals surface area contributed by atoms with Gasteiger partial charge in [-0.3, -0.25) is 0 Å². The molecule has 0 aliphatic heterocycles. The number of ether oxygens (including phenoxy) is 1. The van der Waals surface area contributed by atoms with Gasteiger partial charge in [0, 0.05) is 6.08 Å². The first-order chi connectivity index (χ1) is 7.20. The molecule has 0 saturated heterocycles. The van der Waals surface area contributed by atoms with E-state index in [4.69, 9.17) is 0 Å². The van der Waals surface area contributed by atoms with Crippen LogP contribution in [0.1, 0.15) is 23.1 Å². The first-order valence-electron chi connectivity index (χ1n) is 5.09. The van der Waals surface area contributed by atoms with Gasteiger partial charge in [-0.05, 0) is 36.5 Å². The molecule has 0 fully saturated rings. The molecule has 1 aliphatic carbocycles. The molecule has 2 heteroatoms. The Morgan fingerprint density at radius 2 is 2.20 bits per heavy atom. The summed E-state index contributed by atoms with van der Waals surface area (Å²) < 4.78 is 4.64. The zero-order chi connectivity index (χ0) is 10.8. The lowest BCUT2D eigenvalue weighted by Crippen LogP contribution is -1.95. The number of carbonyl (C=O) groups excluding carboxylic acids is 1. The molecule has 2 nitrogen and oxygen atoms in total. The molecule has 0 radical (unpaired) electrons. The maximum Gasteiger partial charge on any atom is 0.330 e. The lowest BCUT2D eigenvalue weighted by atomic mass is 10.0. The highest BCUT2D eigenvalue weighted by molar-refractivity contribution is 5.92. The predicted octanol–water partition coefficient (Wildman–Crippen LogP) is 2.50. The fourth-order valence-corrected chi connectivity index (χ4v) is 2.00. The SMILES string of the molecule is COC(=O)/C=C1\CCc2cc(C)ccc21. The molecule has 0 aromatic heterocycles. The average molecular weight is 202 g/mol. The number of esters is 1. The van der Waals surface area contributed by atoms with Crippen LogP contribution in [0.25, 0.3) is 5.57 Å². The van der Waals surface area contributed by atoms with Crippen LogP contribution in [0.4, 0.5) is 0 Å². The molecule has 78 valence electrons. The first-order valence-corrected chi connectivity index (χ1v) is 5.09. The maximum atomic E-state index is 11.1. The summed E-state index contributed by atoms with van der Waals surface area (Å²) in [5.74, 6) is -0.265. The van der Waals surface area contributed by atoms with Gasteiger partial charge in [0.15, 0.2) is 0 Å². The number of rotatable bonds is 1. The van der Waals surface area contributed by atoms with Crippen LogP contribution >= 0.6 is 0 Å². The van der Waals surface area contributed by atoms with Gasteiger partial charge in [0.2, 0.25) is 0 Å². The highest BCUT2D eigenvalue weighted by atomic mass is 16.5. The lowest BCUT2D eigenvalue weighted by molar-refractivity contribution is -0.134. The Hall–Kier alpha value is -1.57. The van der Waals surface area contributed by atoms with E-state index in [9.17, 15) is 4.79 Å². The van der Waals surface area contributed by atoms with E-state index in [1.807, 2.05) is 0 Å². The van der Waals surface area contributed by atoms with E-state index in [1.165, 1.54) is 23.8 Å². The highest BCUT2D eigenvalue weighted by Crippen LogP contribution is 2.32. The highest BCUT2D eigenvalue weighted by Gasteiger charge is 2.16. The smallest absolute Gasteiger partial charge is 0.330 e. The summed E-state index contributed by atoms with van der Waals surface area (Å²) in [4.78, 5) is 11.1.